The van der Waals surface area contributed by atoms with Gasteiger partial charge < -0.3 is 10.6 Å². The Labute approximate surface area is 95.2 Å². The maximum atomic E-state index is 14.5. The summed E-state index contributed by atoms with van der Waals surface area (Å²) in [4.78, 5) is 11.5. The highest BCUT2D eigenvalue weighted by molar-refractivity contribution is 5.74. The van der Waals surface area contributed by atoms with Crippen LogP contribution in [0, 0.1) is 11.8 Å². The lowest BCUT2D eigenvalue weighted by atomic mass is 9.52. The van der Waals surface area contributed by atoms with E-state index in [2.05, 4.69) is 10.6 Å². The van der Waals surface area contributed by atoms with Gasteiger partial charge in [0.2, 0.25) is 0 Å². The summed E-state index contributed by atoms with van der Waals surface area (Å²) in [6.45, 7) is 0. The van der Waals surface area contributed by atoms with Gasteiger partial charge in [-0.2, -0.15) is 0 Å². The summed E-state index contributed by atoms with van der Waals surface area (Å²) >= 11 is 0. The highest BCUT2D eigenvalue weighted by atomic mass is 19.1. The molecule has 0 heterocycles. The van der Waals surface area contributed by atoms with E-state index in [1.807, 2.05) is 0 Å². The molecule has 0 aliphatic heterocycles. The molecule has 4 saturated carbocycles. The van der Waals surface area contributed by atoms with E-state index in [0.29, 0.717) is 18.3 Å². The predicted molar refractivity (Wildman–Crippen MR) is 58.8 cm³/mol. The molecular weight excluding hydrogens is 207 g/mol. The second-order valence-corrected chi connectivity index (χ2v) is 6.10. The quantitative estimate of drug-likeness (QED) is 0.705. The van der Waals surface area contributed by atoms with E-state index in [1.165, 1.54) is 6.42 Å². The third-order valence-corrected chi connectivity index (χ3v) is 4.60. The SMILES string of the molecule is CNC(=O)NC12CC3CC(CC(F)(C3)C1)C2. The first-order valence-corrected chi connectivity index (χ1v) is 6.21. The van der Waals surface area contributed by atoms with Crippen LogP contribution >= 0.6 is 0 Å². The minimum absolute atomic E-state index is 0.162. The maximum absolute atomic E-state index is 14.5. The van der Waals surface area contributed by atoms with Crippen molar-refractivity contribution in [3.05, 3.63) is 0 Å². The fraction of sp³-hybridized carbons (Fsp3) is 0.917. The van der Waals surface area contributed by atoms with Crippen LogP contribution in [0.4, 0.5) is 9.18 Å². The maximum Gasteiger partial charge on any atom is 0.314 e. The first-order valence-electron chi connectivity index (χ1n) is 6.21. The Morgan fingerprint density at radius 2 is 1.88 bits per heavy atom. The molecule has 4 aliphatic rings. The Morgan fingerprint density at radius 1 is 1.25 bits per heavy atom. The van der Waals surface area contributed by atoms with Gasteiger partial charge in [0.25, 0.3) is 0 Å². The first kappa shape index (κ1) is 10.4. The van der Waals surface area contributed by atoms with Gasteiger partial charge in [0.05, 0.1) is 0 Å². The highest BCUT2D eigenvalue weighted by Gasteiger charge is 2.58. The van der Waals surface area contributed by atoms with Gasteiger partial charge in [-0.1, -0.05) is 0 Å². The van der Waals surface area contributed by atoms with Gasteiger partial charge >= 0.3 is 6.03 Å². The third kappa shape index (κ3) is 1.50. The first-order chi connectivity index (χ1) is 7.53. The van der Waals surface area contributed by atoms with Gasteiger partial charge in [-0.3, -0.25) is 0 Å². The van der Waals surface area contributed by atoms with Crippen LogP contribution in [0.25, 0.3) is 0 Å². The molecule has 4 rings (SSSR count). The van der Waals surface area contributed by atoms with E-state index in [4.69, 9.17) is 0 Å². The van der Waals surface area contributed by atoms with Crippen molar-refractivity contribution in [1.29, 1.82) is 0 Å². The molecule has 0 radical (unpaired) electrons. The average Bonchev–Trinajstić information content (AvgIpc) is 2.12. The molecule has 2 unspecified atom stereocenters. The fourth-order valence-electron chi connectivity index (χ4n) is 4.60. The number of amides is 2. The van der Waals surface area contributed by atoms with Crippen molar-refractivity contribution >= 4 is 6.03 Å². The minimum Gasteiger partial charge on any atom is -0.341 e. The van der Waals surface area contributed by atoms with Crippen LogP contribution in [0.5, 0.6) is 0 Å². The molecule has 0 saturated heterocycles. The normalized spacial score (nSPS) is 49.1. The van der Waals surface area contributed by atoms with Gasteiger partial charge in [0.1, 0.15) is 5.67 Å². The molecule has 4 fully saturated rings. The largest absolute Gasteiger partial charge is 0.341 e. The summed E-state index contributed by atoms with van der Waals surface area (Å²) in [6.07, 6.45) is 5.09. The van der Waals surface area contributed by atoms with Crippen LogP contribution in [-0.2, 0) is 0 Å². The number of carbonyl (C=O) groups is 1. The third-order valence-electron chi connectivity index (χ3n) is 4.60. The predicted octanol–water partition coefficient (Wildman–Crippen LogP) is 1.98. The zero-order valence-corrected chi connectivity index (χ0v) is 9.68. The minimum atomic E-state index is -0.995. The zero-order chi connectivity index (χ0) is 11.4. The second-order valence-electron chi connectivity index (χ2n) is 6.10. The average molecular weight is 226 g/mol. The number of hydrogen-bond acceptors (Lipinski definition) is 1. The lowest BCUT2D eigenvalue weighted by Crippen LogP contribution is -2.65. The molecular formula is C12H19FN2O. The molecule has 90 valence electrons. The monoisotopic (exact) mass is 226 g/mol. The van der Waals surface area contributed by atoms with Crippen molar-refractivity contribution < 1.29 is 9.18 Å². The summed E-state index contributed by atoms with van der Waals surface area (Å²) in [6, 6.07) is -0.162. The van der Waals surface area contributed by atoms with E-state index < -0.39 is 5.67 Å². The molecule has 3 nitrogen and oxygen atoms in total. The molecule has 16 heavy (non-hydrogen) atoms. The number of carbonyl (C=O) groups excluding carboxylic acids is 1. The summed E-state index contributed by atoms with van der Waals surface area (Å²) in [5, 5.41) is 5.59. The van der Waals surface area contributed by atoms with E-state index >= 15 is 0 Å². The van der Waals surface area contributed by atoms with Crippen molar-refractivity contribution in [2.75, 3.05) is 7.05 Å². The van der Waals surface area contributed by atoms with Crippen LogP contribution in [0.2, 0.25) is 0 Å². The molecule has 4 heteroatoms. The van der Waals surface area contributed by atoms with Crippen LogP contribution in [0.3, 0.4) is 0 Å². The van der Waals surface area contributed by atoms with E-state index in [-0.39, 0.29) is 11.6 Å². The number of nitrogens with one attached hydrogen (secondary N) is 2. The lowest BCUT2D eigenvalue weighted by Gasteiger charge is -2.59. The molecule has 4 aliphatic carbocycles. The summed E-state index contributed by atoms with van der Waals surface area (Å²) < 4.78 is 14.5. The number of rotatable bonds is 1. The Morgan fingerprint density at radius 3 is 2.38 bits per heavy atom. The highest BCUT2D eigenvalue weighted by Crippen LogP contribution is 2.58. The number of urea groups is 1. The molecule has 2 amide bonds. The number of alkyl halides is 1. The van der Waals surface area contributed by atoms with Crippen LogP contribution in [-0.4, -0.2) is 24.3 Å². The molecule has 0 aromatic rings. The van der Waals surface area contributed by atoms with Crippen molar-refractivity contribution in [3.8, 4) is 0 Å². The second kappa shape index (κ2) is 3.11. The van der Waals surface area contributed by atoms with Crippen molar-refractivity contribution in [2.45, 2.75) is 49.7 Å². The van der Waals surface area contributed by atoms with E-state index in [9.17, 15) is 9.18 Å². The van der Waals surface area contributed by atoms with Gasteiger partial charge in [0.15, 0.2) is 0 Å². The molecule has 4 bridgehead atoms. The Bertz CT molecular complexity index is 317. The van der Waals surface area contributed by atoms with Gasteiger partial charge in [-0.05, 0) is 43.9 Å². The lowest BCUT2D eigenvalue weighted by molar-refractivity contribution is -0.0930. The van der Waals surface area contributed by atoms with Crippen molar-refractivity contribution in [3.63, 3.8) is 0 Å². The van der Waals surface area contributed by atoms with Crippen LogP contribution in [0.15, 0.2) is 0 Å². The van der Waals surface area contributed by atoms with Gasteiger partial charge in [-0.15, -0.1) is 0 Å². The molecule has 0 aromatic carbocycles. The smallest absolute Gasteiger partial charge is 0.314 e. The summed E-state index contributed by atoms with van der Waals surface area (Å²) in [7, 11) is 1.61. The number of hydrogen-bond donors (Lipinski definition) is 2. The van der Waals surface area contributed by atoms with Crippen molar-refractivity contribution in [2.24, 2.45) is 11.8 Å². The molecule has 0 aromatic heterocycles. The fourth-order valence-corrected chi connectivity index (χ4v) is 4.60. The van der Waals surface area contributed by atoms with Crippen LogP contribution < -0.4 is 10.6 Å². The van der Waals surface area contributed by atoms with E-state index in [0.717, 1.165) is 25.7 Å². The molecule has 2 N–H and O–H groups in total. The Balaban J connectivity index is 1.83. The molecule has 2 atom stereocenters. The van der Waals surface area contributed by atoms with E-state index in [1.54, 1.807) is 7.05 Å². The summed E-state index contributed by atoms with van der Waals surface area (Å²) in [5.41, 5.74) is -1.25. The Hall–Kier alpha value is -0.800. The molecule has 0 spiro atoms. The van der Waals surface area contributed by atoms with Gasteiger partial charge in [-0.25, -0.2) is 9.18 Å². The Kier molecular flexibility index (Phi) is 2.01. The summed E-state index contributed by atoms with van der Waals surface area (Å²) in [5.74, 6) is 0.979. The zero-order valence-electron chi connectivity index (χ0n) is 9.68. The van der Waals surface area contributed by atoms with Gasteiger partial charge in [0, 0.05) is 19.0 Å². The standard InChI is InChI=1S/C12H19FN2O/c1-14-10(16)15-12-5-8-2-9(6-12)4-11(13,3-8)7-12/h8-9H,2-7H2,1H3,(H2,14,15,16). The number of halogens is 1. The van der Waals surface area contributed by atoms with Crippen molar-refractivity contribution in [1.82, 2.24) is 10.6 Å². The van der Waals surface area contributed by atoms with Crippen LogP contribution in [0.1, 0.15) is 38.5 Å². The topological polar surface area (TPSA) is 41.1 Å².